The van der Waals surface area contributed by atoms with Gasteiger partial charge in [0.05, 0.1) is 19.8 Å². The summed E-state index contributed by atoms with van der Waals surface area (Å²) in [7, 11) is 0. The van der Waals surface area contributed by atoms with Gasteiger partial charge in [-0.15, -0.1) is 11.3 Å². The van der Waals surface area contributed by atoms with Crippen LogP contribution in [-0.4, -0.2) is 36.2 Å². The topological polar surface area (TPSA) is 37.4 Å². The Kier molecular flexibility index (Phi) is 5.08. The normalized spacial score (nSPS) is 16.0. The fourth-order valence-corrected chi connectivity index (χ4v) is 3.30. The molecule has 0 saturated carbocycles. The van der Waals surface area contributed by atoms with Crippen LogP contribution >= 0.6 is 22.9 Å². The lowest BCUT2D eigenvalue weighted by Gasteiger charge is -2.27. The highest BCUT2D eigenvalue weighted by Crippen LogP contribution is 2.22. The summed E-state index contributed by atoms with van der Waals surface area (Å²) >= 11 is 7.38. The van der Waals surface area contributed by atoms with Crippen LogP contribution in [0.15, 0.2) is 30.5 Å². The second kappa shape index (κ2) is 7.22. The number of para-hydroxylation sites is 1. The van der Waals surface area contributed by atoms with Gasteiger partial charge in [0.1, 0.15) is 0 Å². The third kappa shape index (κ3) is 4.17. The van der Waals surface area contributed by atoms with Gasteiger partial charge in [0.25, 0.3) is 0 Å². The van der Waals surface area contributed by atoms with Gasteiger partial charge in [-0.05, 0) is 11.6 Å². The van der Waals surface area contributed by atoms with Gasteiger partial charge < -0.3 is 10.1 Å². The molecule has 1 aromatic heterocycles. The van der Waals surface area contributed by atoms with E-state index in [9.17, 15) is 0 Å². The molecule has 2 aromatic rings. The molecule has 1 saturated heterocycles. The zero-order valence-electron chi connectivity index (χ0n) is 11.7. The van der Waals surface area contributed by atoms with Gasteiger partial charge in [0, 0.05) is 36.4 Å². The molecule has 112 valence electrons. The summed E-state index contributed by atoms with van der Waals surface area (Å²) in [6.07, 6.45) is 1.82. The number of aromatic nitrogens is 1. The van der Waals surface area contributed by atoms with Crippen molar-refractivity contribution in [2.45, 2.75) is 13.1 Å². The van der Waals surface area contributed by atoms with Crippen molar-refractivity contribution in [1.29, 1.82) is 0 Å². The molecule has 2 heterocycles. The summed E-state index contributed by atoms with van der Waals surface area (Å²) in [5.74, 6) is 0. The van der Waals surface area contributed by atoms with Gasteiger partial charge >= 0.3 is 0 Å². The first-order valence-electron chi connectivity index (χ1n) is 7.03. The van der Waals surface area contributed by atoms with E-state index in [1.54, 1.807) is 0 Å². The van der Waals surface area contributed by atoms with Gasteiger partial charge in [0.15, 0.2) is 4.47 Å². The van der Waals surface area contributed by atoms with Crippen molar-refractivity contribution in [1.82, 2.24) is 9.88 Å². The molecule has 0 unspecified atom stereocenters. The van der Waals surface area contributed by atoms with E-state index in [0.29, 0.717) is 4.47 Å². The number of rotatable bonds is 5. The van der Waals surface area contributed by atoms with Crippen LogP contribution < -0.4 is 5.32 Å². The number of benzene rings is 1. The van der Waals surface area contributed by atoms with Crippen molar-refractivity contribution in [3.05, 3.63) is 45.4 Å². The second-order valence-electron chi connectivity index (χ2n) is 4.98. The van der Waals surface area contributed by atoms with Gasteiger partial charge in [-0.3, -0.25) is 4.90 Å². The van der Waals surface area contributed by atoms with Crippen LogP contribution in [0.4, 0.5) is 5.69 Å². The Labute approximate surface area is 133 Å². The minimum absolute atomic E-state index is 0.591. The molecular formula is C15H18ClN3OS. The first-order valence-corrected chi connectivity index (χ1v) is 8.23. The Morgan fingerprint density at radius 1 is 1.29 bits per heavy atom. The smallest absolute Gasteiger partial charge is 0.183 e. The molecule has 0 amide bonds. The quantitative estimate of drug-likeness (QED) is 0.916. The van der Waals surface area contributed by atoms with Gasteiger partial charge in [-0.1, -0.05) is 29.8 Å². The molecule has 1 aliphatic heterocycles. The average molecular weight is 324 g/mol. The minimum atomic E-state index is 0.591. The van der Waals surface area contributed by atoms with Crippen LogP contribution in [0.5, 0.6) is 0 Å². The van der Waals surface area contributed by atoms with Crippen molar-refractivity contribution < 1.29 is 4.74 Å². The summed E-state index contributed by atoms with van der Waals surface area (Å²) in [5, 5.41) is 3.49. The Balaban J connectivity index is 1.64. The number of nitrogens with zero attached hydrogens (tertiary/aromatic N) is 2. The van der Waals surface area contributed by atoms with Crippen molar-refractivity contribution in [3.8, 4) is 0 Å². The zero-order chi connectivity index (χ0) is 14.5. The lowest BCUT2D eigenvalue weighted by atomic mass is 10.1. The molecule has 1 aromatic carbocycles. The van der Waals surface area contributed by atoms with E-state index in [1.807, 2.05) is 6.20 Å². The first kappa shape index (κ1) is 14.8. The van der Waals surface area contributed by atoms with Crippen molar-refractivity contribution in [2.24, 2.45) is 0 Å². The average Bonchev–Trinajstić information content (AvgIpc) is 2.93. The van der Waals surface area contributed by atoms with Crippen molar-refractivity contribution in [2.75, 3.05) is 31.6 Å². The van der Waals surface area contributed by atoms with Crippen LogP contribution in [-0.2, 0) is 17.8 Å². The lowest BCUT2D eigenvalue weighted by molar-refractivity contribution is 0.0342. The highest BCUT2D eigenvalue weighted by atomic mass is 35.5. The molecule has 6 heteroatoms. The number of hydrogen-bond acceptors (Lipinski definition) is 5. The van der Waals surface area contributed by atoms with Crippen LogP contribution in [0.2, 0.25) is 4.47 Å². The standard InChI is InChI=1S/C15H18ClN3OS/c16-15-18-10-13(21-15)9-17-14-4-2-1-3-12(14)11-19-5-7-20-8-6-19/h1-4,10,17H,5-9,11H2. The molecule has 0 bridgehead atoms. The molecule has 3 rings (SSSR count). The third-order valence-electron chi connectivity index (χ3n) is 3.49. The number of halogens is 1. The maximum atomic E-state index is 5.86. The molecule has 0 atom stereocenters. The van der Waals surface area contributed by atoms with Crippen molar-refractivity contribution in [3.63, 3.8) is 0 Å². The maximum Gasteiger partial charge on any atom is 0.183 e. The van der Waals surface area contributed by atoms with E-state index >= 15 is 0 Å². The minimum Gasteiger partial charge on any atom is -0.380 e. The highest BCUT2D eigenvalue weighted by molar-refractivity contribution is 7.15. The van der Waals surface area contributed by atoms with Crippen LogP contribution in [0.1, 0.15) is 10.4 Å². The summed E-state index contributed by atoms with van der Waals surface area (Å²) in [6, 6.07) is 8.45. The van der Waals surface area contributed by atoms with Crippen LogP contribution in [0.3, 0.4) is 0 Å². The molecule has 0 aliphatic carbocycles. The van der Waals surface area contributed by atoms with Crippen LogP contribution in [0, 0.1) is 0 Å². The van der Waals surface area contributed by atoms with E-state index in [1.165, 1.54) is 22.6 Å². The molecule has 0 spiro atoms. The van der Waals surface area contributed by atoms with Crippen molar-refractivity contribution >= 4 is 28.6 Å². The number of morpholine rings is 1. The molecule has 1 aliphatic rings. The predicted octanol–water partition coefficient (Wildman–Crippen LogP) is 3.24. The Hall–Kier alpha value is -1.14. The number of anilines is 1. The van der Waals surface area contributed by atoms with Gasteiger partial charge in [-0.25, -0.2) is 4.98 Å². The number of thiazole rings is 1. The molecular weight excluding hydrogens is 306 g/mol. The Bertz CT molecular complexity index is 584. The first-order chi connectivity index (χ1) is 10.3. The fourth-order valence-electron chi connectivity index (χ4n) is 2.38. The molecule has 21 heavy (non-hydrogen) atoms. The molecule has 1 N–H and O–H groups in total. The molecule has 0 radical (unpaired) electrons. The lowest BCUT2D eigenvalue weighted by Crippen LogP contribution is -2.35. The SMILES string of the molecule is Clc1ncc(CNc2ccccc2CN2CCOCC2)s1. The third-order valence-corrected chi connectivity index (χ3v) is 4.61. The zero-order valence-corrected chi connectivity index (χ0v) is 13.3. The number of hydrogen-bond donors (Lipinski definition) is 1. The fraction of sp³-hybridized carbons (Fsp3) is 0.400. The summed E-state index contributed by atoms with van der Waals surface area (Å²) in [4.78, 5) is 7.63. The molecule has 4 nitrogen and oxygen atoms in total. The van der Waals surface area contributed by atoms with E-state index in [-0.39, 0.29) is 0 Å². The van der Waals surface area contributed by atoms with Crippen LogP contribution in [0.25, 0.3) is 0 Å². The summed E-state index contributed by atoms with van der Waals surface area (Å²) in [6.45, 7) is 5.36. The second-order valence-corrected chi connectivity index (χ2v) is 6.68. The Morgan fingerprint density at radius 3 is 2.86 bits per heavy atom. The highest BCUT2D eigenvalue weighted by Gasteiger charge is 2.12. The molecule has 1 fully saturated rings. The Morgan fingerprint density at radius 2 is 2.10 bits per heavy atom. The van der Waals surface area contributed by atoms with Gasteiger partial charge in [0.2, 0.25) is 0 Å². The monoisotopic (exact) mass is 323 g/mol. The summed E-state index contributed by atoms with van der Waals surface area (Å²) < 4.78 is 5.99. The largest absolute Gasteiger partial charge is 0.380 e. The summed E-state index contributed by atoms with van der Waals surface area (Å²) in [5.41, 5.74) is 2.49. The van der Waals surface area contributed by atoms with E-state index in [2.05, 4.69) is 39.5 Å². The number of nitrogens with one attached hydrogen (secondary N) is 1. The maximum absolute atomic E-state index is 5.86. The number of ether oxygens (including phenoxy) is 1. The van der Waals surface area contributed by atoms with E-state index in [4.69, 9.17) is 16.3 Å². The van der Waals surface area contributed by atoms with E-state index in [0.717, 1.165) is 44.3 Å². The predicted molar refractivity (Wildman–Crippen MR) is 87.0 cm³/mol. The van der Waals surface area contributed by atoms with Gasteiger partial charge in [-0.2, -0.15) is 0 Å². The van der Waals surface area contributed by atoms with E-state index < -0.39 is 0 Å².